The number of hydrogen-bond acceptors (Lipinski definition) is 3. The summed E-state index contributed by atoms with van der Waals surface area (Å²) in [5.74, 6) is 0.187. The molecular formula is C16H22BrNO3. The first-order valence-corrected chi connectivity index (χ1v) is 7.75. The van der Waals surface area contributed by atoms with Gasteiger partial charge in [0.1, 0.15) is 5.60 Å². The van der Waals surface area contributed by atoms with Gasteiger partial charge < -0.3 is 10.1 Å². The number of ether oxygens (including phenoxy) is 1. The van der Waals surface area contributed by atoms with Crippen LogP contribution >= 0.6 is 15.9 Å². The van der Waals surface area contributed by atoms with Crippen LogP contribution < -0.4 is 5.32 Å². The van der Waals surface area contributed by atoms with Crippen molar-refractivity contribution in [2.45, 2.75) is 51.7 Å². The van der Waals surface area contributed by atoms with Gasteiger partial charge in [0, 0.05) is 16.9 Å². The van der Waals surface area contributed by atoms with Crippen LogP contribution in [-0.4, -0.2) is 24.0 Å². The van der Waals surface area contributed by atoms with Crippen molar-refractivity contribution in [3.8, 4) is 0 Å². The second kappa shape index (κ2) is 8.17. The highest BCUT2D eigenvalue weighted by atomic mass is 79.9. The number of nitrogens with one attached hydrogen (secondary N) is 1. The topological polar surface area (TPSA) is 55.4 Å². The molecule has 1 fully saturated rings. The van der Waals surface area contributed by atoms with E-state index in [1.54, 1.807) is 0 Å². The summed E-state index contributed by atoms with van der Waals surface area (Å²) in [6.45, 7) is 5.92. The van der Waals surface area contributed by atoms with E-state index in [-0.39, 0.29) is 11.5 Å². The maximum absolute atomic E-state index is 11.0. The summed E-state index contributed by atoms with van der Waals surface area (Å²) in [6.07, 6.45) is 2.59. The quantitative estimate of drug-likeness (QED) is 0.846. The Morgan fingerprint density at radius 3 is 2.33 bits per heavy atom. The number of carbonyl (C=O) groups excluding carboxylic acids is 2. The van der Waals surface area contributed by atoms with Crippen LogP contribution in [0.3, 0.4) is 0 Å². The Hall–Kier alpha value is -1.36. The molecule has 1 amide bonds. The van der Waals surface area contributed by atoms with Crippen molar-refractivity contribution in [1.82, 2.24) is 5.32 Å². The summed E-state index contributed by atoms with van der Waals surface area (Å²) in [7, 11) is 0. The first kappa shape index (κ1) is 17.7. The molecule has 21 heavy (non-hydrogen) atoms. The number of hydrogen-bond donors (Lipinski definition) is 1. The summed E-state index contributed by atoms with van der Waals surface area (Å²) in [6, 6.07) is 8.59. The maximum atomic E-state index is 11.0. The van der Waals surface area contributed by atoms with E-state index >= 15 is 0 Å². The van der Waals surface area contributed by atoms with Crippen LogP contribution in [0.5, 0.6) is 0 Å². The molecule has 1 heterocycles. The second-order valence-corrected chi connectivity index (χ2v) is 6.88. The first-order valence-electron chi connectivity index (χ1n) is 6.95. The van der Waals surface area contributed by atoms with Crippen LogP contribution in [0.4, 0.5) is 0 Å². The van der Waals surface area contributed by atoms with Gasteiger partial charge in [-0.1, -0.05) is 28.1 Å². The van der Waals surface area contributed by atoms with Crippen LogP contribution in [0, 0.1) is 0 Å². The molecule has 0 radical (unpaired) electrons. The third-order valence-electron chi connectivity index (χ3n) is 2.88. The summed E-state index contributed by atoms with van der Waals surface area (Å²) in [5, 5.41) is 2.97. The van der Waals surface area contributed by atoms with Gasteiger partial charge >= 0.3 is 0 Å². The molecule has 1 saturated heterocycles. The van der Waals surface area contributed by atoms with E-state index in [0.29, 0.717) is 18.9 Å². The van der Waals surface area contributed by atoms with Crippen molar-refractivity contribution in [2.24, 2.45) is 0 Å². The summed E-state index contributed by atoms with van der Waals surface area (Å²) in [5.41, 5.74) is 0.960. The Labute approximate surface area is 134 Å². The van der Waals surface area contributed by atoms with E-state index < -0.39 is 0 Å². The molecule has 1 aromatic rings. The van der Waals surface area contributed by atoms with Crippen molar-refractivity contribution in [2.75, 3.05) is 0 Å². The zero-order valence-corrected chi connectivity index (χ0v) is 14.3. The molecule has 1 unspecified atom stereocenters. The van der Waals surface area contributed by atoms with Crippen molar-refractivity contribution in [3.05, 3.63) is 34.3 Å². The van der Waals surface area contributed by atoms with Crippen molar-refractivity contribution in [3.63, 3.8) is 0 Å². The van der Waals surface area contributed by atoms with E-state index in [9.17, 15) is 9.59 Å². The average molecular weight is 356 g/mol. The lowest BCUT2D eigenvalue weighted by molar-refractivity contribution is -0.138. The van der Waals surface area contributed by atoms with E-state index in [2.05, 4.69) is 38.1 Å². The lowest BCUT2D eigenvalue weighted by Crippen LogP contribution is -2.27. The van der Waals surface area contributed by atoms with E-state index in [1.807, 2.05) is 32.9 Å². The van der Waals surface area contributed by atoms with Gasteiger partial charge in [-0.25, -0.2) is 0 Å². The molecule has 1 atom stereocenters. The highest BCUT2D eigenvalue weighted by molar-refractivity contribution is 9.10. The fourth-order valence-corrected chi connectivity index (χ4v) is 2.14. The van der Waals surface area contributed by atoms with Gasteiger partial charge in [0.05, 0.1) is 0 Å². The van der Waals surface area contributed by atoms with Gasteiger partial charge in [0.15, 0.2) is 0 Å². The van der Waals surface area contributed by atoms with Crippen LogP contribution in [0.25, 0.3) is 0 Å². The third kappa shape index (κ3) is 7.85. The normalized spacial score (nSPS) is 17.5. The number of rotatable bonds is 3. The molecule has 1 N–H and O–H groups in total. The van der Waals surface area contributed by atoms with Gasteiger partial charge in [-0.3, -0.25) is 9.59 Å². The van der Waals surface area contributed by atoms with Crippen LogP contribution in [0.1, 0.15) is 39.2 Å². The zero-order chi connectivity index (χ0) is 15.9. The largest absolute Gasteiger partial charge is 0.462 e. The molecule has 0 saturated carbocycles. The standard InChI is InChI=1S/C11H12BrNO.C5H10O2/c12-9-3-1-8(2-4-9)7-10-5-6-11(14)13-10;1-5(2,3)7-4-6/h1-4,10H,5-7H2,(H,13,14);4H,1-3H3. The fourth-order valence-electron chi connectivity index (χ4n) is 1.88. The zero-order valence-electron chi connectivity index (χ0n) is 12.7. The molecule has 1 aliphatic heterocycles. The SMILES string of the molecule is CC(C)(C)OC=O.O=C1CCC(Cc2ccc(Br)cc2)N1. The highest BCUT2D eigenvalue weighted by Gasteiger charge is 2.20. The smallest absolute Gasteiger partial charge is 0.293 e. The monoisotopic (exact) mass is 355 g/mol. The Kier molecular flexibility index (Phi) is 6.89. The number of carbonyl (C=O) groups is 2. The number of benzene rings is 1. The number of amides is 1. The van der Waals surface area contributed by atoms with Gasteiger partial charge in [-0.15, -0.1) is 0 Å². The average Bonchev–Trinajstić information content (AvgIpc) is 2.77. The fraction of sp³-hybridized carbons (Fsp3) is 0.500. The molecule has 0 spiro atoms. The molecule has 0 aromatic heterocycles. The van der Waals surface area contributed by atoms with Crippen molar-refractivity contribution in [1.29, 1.82) is 0 Å². The Morgan fingerprint density at radius 2 is 1.95 bits per heavy atom. The van der Waals surface area contributed by atoms with Gasteiger partial charge in [-0.2, -0.15) is 0 Å². The van der Waals surface area contributed by atoms with E-state index in [4.69, 9.17) is 0 Å². The first-order chi connectivity index (χ1) is 9.80. The number of halogens is 1. The Balaban J connectivity index is 0.000000270. The van der Waals surface area contributed by atoms with Gasteiger partial charge in [0.25, 0.3) is 6.47 Å². The van der Waals surface area contributed by atoms with Crippen molar-refractivity contribution >= 4 is 28.3 Å². The molecule has 2 rings (SSSR count). The minimum Gasteiger partial charge on any atom is -0.462 e. The molecule has 0 bridgehead atoms. The predicted octanol–water partition coefficient (Wildman–Crippen LogP) is 3.23. The lowest BCUT2D eigenvalue weighted by Gasteiger charge is -2.14. The Morgan fingerprint density at radius 1 is 1.33 bits per heavy atom. The molecular weight excluding hydrogens is 334 g/mol. The van der Waals surface area contributed by atoms with Crippen LogP contribution in [0.2, 0.25) is 0 Å². The summed E-state index contributed by atoms with van der Waals surface area (Å²) < 4.78 is 5.64. The second-order valence-electron chi connectivity index (χ2n) is 5.96. The molecule has 1 aliphatic rings. The maximum Gasteiger partial charge on any atom is 0.293 e. The van der Waals surface area contributed by atoms with E-state index in [1.165, 1.54) is 5.56 Å². The molecule has 5 heteroatoms. The minimum atomic E-state index is -0.318. The molecule has 4 nitrogen and oxygen atoms in total. The molecule has 1 aromatic carbocycles. The lowest BCUT2D eigenvalue weighted by atomic mass is 10.1. The van der Waals surface area contributed by atoms with Crippen LogP contribution in [-0.2, 0) is 20.7 Å². The molecule has 0 aliphatic carbocycles. The third-order valence-corrected chi connectivity index (χ3v) is 3.41. The predicted molar refractivity (Wildman–Crippen MR) is 85.9 cm³/mol. The van der Waals surface area contributed by atoms with Gasteiger partial charge in [0.2, 0.25) is 5.91 Å². The minimum absolute atomic E-state index is 0.187. The summed E-state index contributed by atoms with van der Waals surface area (Å²) >= 11 is 3.40. The van der Waals surface area contributed by atoms with Gasteiger partial charge in [-0.05, 0) is 51.3 Å². The Bertz CT molecular complexity index is 465. The molecule has 116 valence electrons. The van der Waals surface area contributed by atoms with E-state index in [0.717, 1.165) is 17.3 Å². The highest BCUT2D eigenvalue weighted by Crippen LogP contribution is 2.15. The van der Waals surface area contributed by atoms with Crippen LogP contribution in [0.15, 0.2) is 28.7 Å². The summed E-state index contributed by atoms with van der Waals surface area (Å²) in [4.78, 5) is 20.6. The van der Waals surface area contributed by atoms with Crippen molar-refractivity contribution < 1.29 is 14.3 Å².